The number of hydrogen-bond acceptors (Lipinski definition) is 3. The Labute approximate surface area is 147 Å². The van der Waals surface area contributed by atoms with Crippen molar-refractivity contribution >= 4 is 17.5 Å². The van der Waals surface area contributed by atoms with E-state index in [0.29, 0.717) is 23.1 Å². The maximum Gasteiger partial charge on any atom is 0.258 e. The first-order valence-corrected chi connectivity index (χ1v) is 8.53. The Morgan fingerprint density at radius 1 is 1.33 bits per heavy atom. The normalized spacial score (nSPS) is 20.2. The molecule has 1 aromatic heterocycles. The third-order valence-electron chi connectivity index (χ3n) is 4.72. The van der Waals surface area contributed by atoms with Crippen LogP contribution < -0.4 is 10.1 Å². The van der Waals surface area contributed by atoms with E-state index >= 15 is 0 Å². The summed E-state index contributed by atoms with van der Waals surface area (Å²) < 4.78 is 6.93. The van der Waals surface area contributed by atoms with Crippen molar-refractivity contribution < 1.29 is 9.53 Å². The second kappa shape index (κ2) is 6.85. The zero-order valence-electron chi connectivity index (χ0n) is 14.2. The van der Waals surface area contributed by atoms with Gasteiger partial charge < -0.3 is 10.1 Å². The summed E-state index contributed by atoms with van der Waals surface area (Å²) in [6.07, 6.45) is 3.14. The number of nitrogens with zero attached hydrogens (tertiary/aromatic N) is 2. The Hall–Kier alpha value is -2.01. The van der Waals surface area contributed by atoms with Crippen LogP contribution in [-0.2, 0) is 7.05 Å². The number of aryl methyl sites for hydroxylation is 2. The number of hydrogen-bond donors (Lipinski definition) is 1. The van der Waals surface area contributed by atoms with E-state index in [1.54, 1.807) is 18.8 Å². The van der Waals surface area contributed by atoms with E-state index in [1.165, 1.54) is 5.56 Å². The van der Waals surface area contributed by atoms with Gasteiger partial charge in [-0.1, -0.05) is 30.2 Å². The second-order valence-electron chi connectivity index (χ2n) is 6.26. The highest BCUT2D eigenvalue weighted by molar-refractivity contribution is 6.30. The molecule has 24 heavy (non-hydrogen) atoms. The van der Waals surface area contributed by atoms with E-state index < -0.39 is 0 Å². The van der Waals surface area contributed by atoms with Gasteiger partial charge >= 0.3 is 0 Å². The molecule has 0 radical (unpaired) electrons. The van der Waals surface area contributed by atoms with Gasteiger partial charge in [0.05, 0.1) is 12.8 Å². The molecule has 3 rings (SSSR count). The van der Waals surface area contributed by atoms with Crippen LogP contribution in [0.4, 0.5) is 0 Å². The minimum absolute atomic E-state index is 0.114. The van der Waals surface area contributed by atoms with Gasteiger partial charge in [-0.3, -0.25) is 4.79 Å². The van der Waals surface area contributed by atoms with Crippen LogP contribution in [0.5, 0.6) is 5.88 Å². The van der Waals surface area contributed by atoms with E-state index in [2.05, 4.69) is 10.4 Å². The highest BCUT2D eigenvalue weighted by atomic mass is 35.5. The van der Waals surface area contributed by atoms with Crippen LogP contribution in [0, 0.1) is 6.92 Å². The molecule has 2 aromatic rings. The van der Waals surface area contributed by atoms with Crippen molar-refractivity contribution in [3.05, 3.63) is 46.1 Å². The lowest BCUT2D eigenvalue weighted by molar-refractivity contribution is 0.0930. The average Bonchev–Trinajstić information content (AvgIpc) is 3.11. The van der Waals surface area contributed by atoms with Crippen molar-refractivity contribution in [1.82, 2.24) is 15.1 Å². The molecular formula is C18H22ClN3O2. The molecule has 1 heterocycles. The maximum absolute atomic E-state index is 12.8. The van der Waals surface area contributed by atoms with E-state index in [4.69, 9.17) is 16.3 Å². The molecule has 5 nitrogen and oxygen atoms in total. The summed E-state index contributed by atoms with van der Waals surface area (Å²) in [5.74, 6) is 0.684. The smallest absolute Gasteiger partial charge is 0.258 e. The lowest BCUT2D eigenvalue weighted by atomic mass is 9.94. The Kier molecular flexibility index (Phi) is 4.81. The molecule has 1 amide bonds. The molecule has 0 saturated heterocycles. The SMILES string of the molecule is COc1c(C(=O)N[C@H]2CCC[C@@H]2c2ccc(Cl)cc2)c(C)nn1C. The topological polar surface area (TPSA) is 56.1 Å². The molecule has 2 atom stereocenters. The van der Waals surface area contributed by atoms with Crippen LogP contribution >= 0.6 is 11.6 Å². The average molecular weight is 348 g/mol. The van der Waals surface area contributed by atoms with E-state index in [-0.39, 0.29) is 11.9 Å². The monoisotopic (exact) mass is 347 g/mol. The number of rotatable bonds is 4. The van der Waals surface area contributed by atoms with Crippen molar-refractivity contribution in [2.75, 3.05) is 7.11 Å². The predicted octanol–water partition coefficient (Wildman–Crippen LogP) is 3.46. The Morgan fingerprint density at radius 3 is 2.71 bits per heavy atom. The van der Waals surface area contributed by atoms with Gasteiger partial charge in [0.25, 0.3) is 5.91 Å². The largest absolute Gasteiger partial charge is 0.481 e. The van der Waals surface area contributed by atoms with Crippen LogP contribution in [-0.4, -0.2) is 28.8 Å². The van der Waals surface area contributed by atoms with Gasteiger partial charge in [-0.15, -0.1) is 0 Å². The van der Waals surface area contributed by atoms with Gasteiger partial charge in [0.1, 0.15) is 5.56 Å². The van der Waals surface area contributed by atoms with Crippen LogP contribution in [0.2, 0.25) is 5.02 Å². The van der Waals surface area contributed by atoms with Gasteiger partial charge in [0, 0.05) is 24.0 Å². The van der Waals surface area contributed by atoms with Gasteiger partial charge in [0.2, 0.25) is 5.88 Å². The highest BCUT2D eigenvalue weighted by Crippen LogP contribution is 2.35. The number of methoxy groups -OCH3 is 1. The third-order valence-corrected chi connectivity index (χ3v) is 4.97. The van der Waals surface area contributed by atoms with Crippen LogP contribution in [0.3, 0.4) is 0 Å². The molecule has 1 aliphatic carbocycles. The first-order valence-electron chi connectivity index (χ1n) is 8.15. The summed E-state index contributed by atoms with van der Waals surface area (Å²) in [5.41, 5.74) is 2.41. The molecule has 1 aliphatic rings. The van der Waals surface area contributed by atoms with E-state index in [1.807, 2.05) is 31.2 Å². The van der Waals surface area contributed by atoms with Crippen molar-refractivity contribution in [2.45, 2.75) is 38.1 Å². The van der Waals surface area contributed by atoms with Crippen molar-refractivity contribution in [1.29, 1.82) is 0 Å². The number of carbonyl (C=O) groups excluding carboxylic acids is 1. The molecule has 1 saturated carbocycles. The molecule has 0 aliphatic heterocycles. The van der Waals surface area contributed by atoms with Gasteiger partial charge in [-0.25, -0.2) is 4.68 Å². The highest BCUT2D eigenvalue weighted by Gasteiger charge is 2.32. The first kappa shape index (κ1) is 16.8. The lowest BCUT2D eigenvalue weighted by Crippen LogP contribution is -2.36. The maximum atomic E-state index is 12.8. The Morgan fingerprint density at radius 2 is 2.04 bits per heavy atom. The zero-order valence-corrected chi connectivity index (χ0v) is 14.9. The van der Waals surface area contributed by atoms with E-state index in [9.17, 15) is 4.79 Å². The summed E-state index contributed by atoms with van der Waals surface area (Å²) in [6.45, 7) is 1.82. The zero-order chi connectivity index (χ0) is 17.3. The second-order valence-corrected chi connectivity index (χ2v) is 6.70. The molecule has 1 N–H and O–H groups in total. The quantitative estimate of drug-likeness (QED) is 0.921. The van der Waals surface area contributed by atoms with Crippen molar-refractivity contribution in [3.63, 3.8) is 0 Å². The molecule has 128 valence electrons. The molecule has 0 unspecified atom stereocenters. The minimum atomic E-state index is -0.122. The third kappa shape index (κ3) is 3.13. The number of carbonyl (C=O) groups is 1. The molecule has 1 fully saturated rings. The van der Waals surface area contributed by atoms with Crippen LogP contribution in [0.1, 0.15) is 46.8 Å². The minimum Gasteiger partial charge on any atom is -0.481 e. The summed E-state index contributed by atoms with van der Waals surface area (Å²) in [7, 11) is 3.33. The standard InChI is InChI=1S/C18H22ClN3O2/c1-11-16(18(24-3)22(2)21-11)17(23)20-15-6-4-5-14(15)12-7-9-13(19)10-8-12/h7-10,14-15H,4-6H2,1-3H3,(H,20,23)/t14-,15+/m1/s1. The van der Waals surface area contributed by atoms with Crippen LogP contribution in [0.25, 0.3) is 0 Å². The summed E-state index contributed by atoms with van der Waals surface area (Å²) in [5, 5.41) is 8.19. The number of halogens is 1. The lowest BCUT2D eigenvalue weighted by Gasteiger charge is -2.21. The fourth-order valence-electron chi connectivity index (χ4n) is 3.61. The van der Waals surface area contributed by atoms with E-state index in [0.717, 1.165) is 24.3 Å². The molecule has 1 aromatic carbocycles. The van der Waals surface area contributed by atoms with Crippen molar-refractivity contribution in [2.24, 2.45) is 7.05 Å². The predicted molar refractivity (Wildman–Crippen MR) is 93.8 cm³/mol. The van der Waals surface area contributed by atoms with Crippen LogP contribution in [0.15, 0.2) is 24.3 Å². The summed E-state index contributed by atoms with van der Waals surface area (Å²) in [6, 6.07) is 8.02. The van der Waals surface area contributed by atoms with Gasteiger partial charge in [-0.2, -0.15) is 5.10 Å². The fraction of sp³-hybridized carbons (Fsp3) is 0.444. The molecular weight excluding hydrogens is 326 g/mol. The summed E-state index contributed by atoms with van der Waals surface area (Å²) in [4.78, 5) is 12.8. The van der Waals surface area contributed by atoms with Crippen molar-refractivity contribution in [3.8, 4) is 5.88 Å². The van der Waals surface area contributed by atoms with Gasteiger partial charge in [0.15, 0.2) is 0 Å². The number of ether oxygens (including phenoxy) is 1. The fourth-order valence-corrected chi connectivity index (χ4v) is 3.74. The summed E-state index contributed by atoms with van der Waals surface area (Å²) >= 11 is 5.98. The van der Waals surface area contributed by atoms with Gasteiger partial charge in [-0.05, 0) is 37.5 Å². The molecule has 6 heteroatoms. The number of aromatic nitrogens is 2. The number of benzene rings is 1. The molecule has 0 spiro atoms. The number of amides is 1. The Balaban J connectivity index is 1.80. The number of nitrogens with one attached hydrogen (secondary N) is 1. The molecule has 0 bridgehead atoms. The Bertz CT molecular complexity index is 739. The first-order chi connectivity index (χ1) is 11.5.